The Morgan fingerprint density at radius 2 is 0.863 bits per heavy atom. The lowest BCUT2D eigenvalue weighted by Crippen LogP contribution is -2.65. The molecule has 12 unspecified atom stereocenters. The number of ether oxygens (including phenoxy) is 4. The summed E-state index contributed by atoms with van der Waals surface area (Å²) in [4.78, 5) is 13.3. The number of allylic oxidation sites excluding steroid dienone is 20. The van der Waals surface area contributed by atoms with Crippen LogP contribution in [0.2, 0.25) is 0 Å². The van der Waals surface area contributed by atoms with Gasteiger partial charge in [0.2, 0.25) is 5.91 Å². The zero-order chi connectivity index (χ0) is 58.1. The topological polar surface area (TPSA) is 228 Å². The van der Waals surface area contributed by atoms with Crippen LogP contribution in [0.3, 0.4) is 0 Å². The fraction of sp³-hybridized carbons (Fsp3) is 0.682. The molecule has 1 amide bonds. The number of nitrogens with one attached hydrogen (secondary N) is 1. The van der Waals surface area contributed by atoms with Crippen molar-refractivity contribution >= 4 is 5.91 Å². The Kier molecular flexibility index (Phi) is 45.3. The lowest BCUT2D eigenvalue weighted by Gasteiger charge is -2.46. The van der Waals surface area contributed by atoms with Crippen LogP contribution in [0.4, 0.5) is 0 Å². The molecule has 2 heterocycles. The number of amides is 1. The molecular weight excluding hydrogens is 1010 g/mol. The van der Waals surface area contributed by atoms with Crippen LogP contribution in [0.25, 0.3) is 0 Å². The molecule has 14 nitrogen and oxygen atoms in total. The molecule has 2 aliphatic rings. The monoisotopic (exact) mass is 1120 g/mol. The second-order valence-corrected chi connectivity index (χ2v) is 21.1. The maximum atomic E-state index is 13.3. The van der Waals surface area contributed by atoms with E-state index in [0.29, 0.717) is 12.8 Å². The summed E-state index contributed by atoms with van der Waals surface area (Å²) >= 11 is 0. The van der Waals surface area contributed by atoms with Crippen molar-refractivity contribution in [1.29, 1.82) is 0 Å². The fourth-order valence-corrected chi connectivity index (χ4v) is 9.26. The normalized spacial score (nSPS) is 25.1. The van der Waals surface area contributed by atoms with Crippen molar-refractivity contribution in [3.05, 3.63) is 122 Å². The number of rotatable bonds is 47. The molecule has 2 rings (SSSR count). The van der Waals surface area contributed by atoms with Crippen molar-refractivity contribution in [2.75, 3.05) is 19.8 Å². The van der Waals surface area contributed by atoms with Gasteiger partial charge in [0.05, 0.1) is 32.0 Å². The summed E-state index contributed by atoms with van der Waals surface area (Å²) in [5.41, 5.74) is 0. The molecule has 12 atom stereocenters. The highest BCUT2D eigenvalue weighted by atomic mass is 16.7. The highest BCUT2D eigenvalue weighted by Crippen LogP contribution is 2.30. The third kappa shape index (κ3) is 34.7. The zero-order valence-corrected chi connectivity index (χ0v) is 49.0. The van der Waals surface area contributed by atoms with E-state index in [4.69, 9.17) is 18.9 Å². The van der Waals surface area contributed by atoms with Crippen LogP contribution in [0.15, 0.2) is 122 Å². The lowest BCUT2D eigenvalue weighted by atomic mass is 9.97. The predicted octanol–water partition coefficient (Wildman–Crippen LogP) is 11.0. The van der Waals surface area contributed by atoms with Crippen molar-refractivity contribution in [2.45, 2.75) is 267 Å². The first kappa shape index (κ1) is 72.5. The molecule has 80 heavy (non-hydrogen) atoms. The smallest absolute Gasteiger partial charge is 0.220 e. The molecule has 2 fully saturated rings. The molecule has 9 N–H and O–H groups in total. The molecule has 456 valence electrons. The van der Waals surface area contributed by atoms with Crippen LogP contribution in [0.1, 0.15) is 194 Å². The average Bonchev–Trinajstić information content (AvgIpc) is 3.49. The third-order valence-electron chi connectivity index (χ3n) is 14.2. The first-order chi connectivity index (χ1) is 39.1. The molecule has 0 bridgehead atoms. The maximum absolute atomic E-state index is 13.3. The Morgan fingerprint density at radius 3 is 1.30 bits per heavy atom. The summed E-state index contributed by atoms with van der Waals surface area (Å²) < 4.78 is 22.8. The highest BCUT2D eigenvalue weighted by Gasteiger charge is 2.51. The summed E-state index contributed by atoms with van der Waals surface area (Å²) in [5.74, 6) is -0.255. The molecule has 0 aromatic carbocycles. The Morgan fingerprint density at radius 1 is 0.463 bits per heavy atom. The number of unbranched alkanes of at least 4 members (excludes halogenated alkanes) is 14. The molecule has 0 aromatic rings. The van der Waals surface area contributed by atoms with E-state index in [1.54, 1.807) is 0 Å². The van der Waals surface area contributed by atoms with Crippen molar-refractivity contribution in [1.82, 2.24) is 5.32 Å². The van der Waals surface area contributed by atoms with Crippen molar-refractivity contribution in [3.63, 3.8) is 0 Å². The second kappa shape index (κ2) is 50.0. The van der Waals surface area contributed by atoms with E-state index < -0.39 is 86.8 Å². The van der Waals surface area contributed by atoms with E-state index in [-0.39, 0.29) is 18.9 Å². The average molecular weight is 1120 g/mol. The molecular formula is C66H109NO13. The summed E-state index contributed by atoms with van der Waals surface area (Å²) in [6.07, 6.45) is 54.9. The van der Waals surface area contributed by atoms with Gasteiger partial charge in [-0.1, -0.05) is 219 Å². The van der Waals surface area contributed by atoms with Gasteiger partial charge in [-0.2, -0.15) is 0 Å². The minimum absolute atomic E-state index is 0.241. The number of hydrogen-bond acceptors (Lipinski definition) is 13. The van der Waals surface area contributed by atoms with E-state index in [9.17, 15) is 45.6 Å². The van der Waals surface area contributed by atoms with Gasteiger partial charge in [-0.3, -0.25) is 4.79 Å². The minimum Gasteiger partial charge on any atom is -0.394 e. The van der Waals surface area contributed by atoms with Gasteiger partial charge in [0.25, 0.3) is 0 Å². The van der Waals surface area contributed by atoms with Gasteiger partial charge in [-0.15, -0.1) is 0 Å². The Labute approximate surface area is 482 Å². The Bertz CT molecular complexity index is 1800. The predicted molar refractivity (Wildman–Crippen MR) is 322 cm³/mol. The summed E-state index contributed by atoms with van der Waals surface area (Å²) in [6.45, 7) is 2.69. The Balaban J connectivity index is 1.72. The van der Waals surface area contributed by atoms with Gasteiger partial charge in [-0.25, -0.2) is 0 Å². The highest BCUT2D eigenvalue weighted by molar-refractivity contribution is 5.76. The lowest BCUT2D eigenvalue weighted by molar-refractivity contribution is -0.359. The third-order valence-corrected chi connectivity index (χ3v) is 14.2. The van der Waals surface area contributed by atoms with Crippen molar-refractivity contribution in [2.24, 2.45) is 0 Å². The number of aliphatic hydroxyl groups excluding tert-OH is 8. The van der Waals surface area contributed by atoms with Crippen LogP contribution in [0, 0.1) is 0 Å². The molecule has 2 aliphatic heterocycles. The molecule has 14 heteroatoms. The minimum atomic E-state index is -1.79. The first-order valence-electron chi connectivity index (χ1n) is 30.8. The van der Waals surface area contributed by atoms with E-state index in [2.05, 4.69) is 141 Å². The molecule has 0 aliphatic carbocycles. The number of carbonyl (C=O) groups is 1. The second-order valence-electron chi connectivity index (χ2n) is 21.1. The molecule has 2 saturated heterocycles. The standard InChI is InChI=1S/C66H109NO13/c1-3-5-7-9-11-13-15-17-18-19-20-21-22-23-24-25-26-27-28-29-30-31-32-33-34-35-36-38-40-42-44-46-48-50-58(71)67-54(55(70)49-47-45-43-41-39-37-16-14-12-10-8-6-4-2)53-77-65-63(76)61(74)64(57(52-69)79-65)80-66-62(75)60(73)59(72)56(51-68)78-66/h5,7,11,13,17-18,20-21,23-24,26-27,29-30,32-33,35-36,40,42,54-57,59-66,68-70,72-76H,3-4,6,8-10,12,14-16,19,22,25,28,31,34,37-39,41,43-53H2,1-2H3,(H,67,71)/b7-5-,13-11-,18-17-,21-20-,24-23-,27-26-,30-29-,33-32-,36-35-,42-40-. The van der Waals surface area contributed by atoms with Gasteiger partial charge in [-0.05, 0) is 89.9 Å². The number of hydrogen-bond donors (Lipinski definition) is 9. The van der Waals surface area contributed by atoms with Crippen LogP contribution in [-0.4, -0.2) is 140 Å². The molecule has 0 saturated carbocycles. The summed E-state index contributed by atoms with van der Waals surface area (Å²) in [7, 11) is 0. The molecule has 0 radical (unpaired) electrons. The summed E-state index contributed by atoms with van der Waals surface area (Å²) in [5, 5.41) is 87.2. The quantitative estimate of drug-likeness (QED) is 0.0204. The van der Waals surface area contributed by atoms with Crippen LogP contribution in [-0.2, 0) is 23.7 Å². The van der Waals surface area contributed by atoms with E-state index in [0.717, 1.165) is 103 Å². The largest absolute Gasteiger partial charge is 0.394 e. The molecule has 0 spiro atoms. The van der Waals surface area contributed by atoms with Gasteiger partial charge in [0.1, 0.15) is 48.8 Å². The van der Waals surface area contributed by atoms with E-state index in [1.165, 1.54) is 57.8 Å². The van der Waals surface area contributed by atoms with Crippen LogP contribution < -0.4 is 5.32 Å². The summed E-state index contributed by atoms with van der Waals surface area (Å²) in [6, 6.07) is -0.861. The maximum Gasteiger partial charge on any atom is 0.220 e. The molecule has 0 aromatic heterocycles. The number of carbonyl (C=O) groups excluding carboxylic acids is 1. The van der Waals surface area contributed by atoms with Crippen LogP contribution in [0.5, 0.6) is 0 Å². The Hall–Kier alpha value is -3.61. The van der Waals surface area contributed by atoms with E-state index in [1.807, 2.05) is 0 Å². The van der Waals surface area contributed by atoms with E-state index >= 15 is 0 Å². The van der Waals surface area contributed by atoms with Gasteiger partial charge in [0.15, 0.2) is 12.6 Å². The van der Waals surface area contributed by atoms with Crippen LogP contribution >= 0.6 is 0 Å². The van der Waals surface area contributed by atoms with Crippen molar-refractivity contribution < 1.29 is 64.6 Å². The van der Waals surface area contributed by atoms with Crippen molar-refractivity contribution in [3.8, 4) is 0 Å². The zero-order valence-electron chi connectivity index (χ0n) is 49.0. The first-order valence-corrected chi connectivity index (χ1v) is 30.8. The van der Waals surface area contributed by atoms with Gasteiger partial charge >= 0.3 is 0 Å². The van der Waals surface area contributed by atoms with Gasteiger partial charge in [0, 0.05) is 6.42 Å². The van der Waals surface area contributed by atoms with Gasteiger partial charge < -0.3 is 65.1 Å². The SMILES string of the molecule is CC/C=C\C/C=C\C/C=C\C/C=C\C/C=C\C/C=C\C/C=C\C/C=C\C/C=C\C/C=C\CCCCC(=O)NC(COC1OC(CO)C(OC2OC(CO)C(O)C(O)C2O)C(O)C1O)C(O)CCCCCCCCCCCCCCC. The fourth-order valence-electron chi connectivity index (χ4n) is 9.26. The number of aliphatic hydroxyl groups is 8.